The van der Waals surface area contributed by atoms with E-state index in [0.29, 0.717) is 17.1 Å². The Morgan fingerprint density at radius 2 is 2.32 bits per heavy atom. The lowest BCUT2D eigenvalue weighted by Gasteiger charge is -2.29. The Kier molecular flexibility index (Phi) is 4.55. The normalized spacial score (nSPS) is 17.3. The van der Waals surface area contributed by atoms with Crippen molar-refractivity contribution in [1.29, 1.82) is 0 Å². The van der Waals surface area contributed by atoms with E-state index in [-0.39, 0.29) is 11.9 Å². The lowest BCUT2D eigenvalue weighted by Crippen LogP contribution is -2.46. The summed E-state index contributed by atoms with van der Waals surface area (Å²) in [6, 6.07) is 5.35. The SMILES string of the molecule is C[C@H](CN1CCOCC1)NC(=O)c1cc(-c2ccco2)[nH]n1. The molecule has 7 nitrogen and oxygen atoms in total. The molecule has 1 aliphatic heterocycles. The van der Waals surface area contributed by atoms with Gasteiger partial charge in [-0.15, -0.1) is 0 Å². The lowest BCUT2D eigenvalue weighted by atomic mass is 10.2. The Balaban J connectivity index is 1.55. The van der Waals surface area contributed by atoms with Crippen LogP contribution in [0.2, 0.25) is 0 Å². The highest BCUT2D eigenvalue weighted by Crippen LogP contribution is 2.17. The highest BCUT2D eigenvalue weighted by atomic mass is 16.5. The van der Waals surface area contributed by atoms with E-state index in [0.717, 1.165) is 32.8 Å². The van der Waals surface area contributed by atoms with Gasteiger partial charge in [0.15, 0.2) is 11.5 Å². The molecule has 0 saturated carbocycles. The number of nitrogens with one attached hydrogen (secondary N) is 2. The van der Waals surface area contributed by atoms with Crippen LogP contribution in [0.1, 0.15) is 17.4 Å². The fourth-order valence-corrected chi connectivity index (χ4v) is 2.51. The third-order valence-electron chi connectivity index (χ3n) is 3.61. The largest absolute Gasteiger partial charge is 0.463 e. The minimum Gasteiger partial charge on any atom is -0.463 e. The summed E-state index contributed by atoms with van der Waals surface area (Å²) < 4.78 is 10.6. The van der Waals surface area contributed by atoms with Crippen molar-refractivity contribution in [3.63, 3.8) is 0 Å². The fraction of sp³-hybridized carbons (Fsp3) is 0.467. The Bertz CT molecular complexity index is 602. The summed E-state index contributed by atoms with van der Waals surface area (Å²) in [4.78, 5) is 14.5. The van der Waals surface area contributed by atoms with Gasteiger partial charge in [-0.3, -0.25) is 14.8 Å². The van der Waals surface area contributed by atoms with Crippen molar-refractivity contribution in [3.05, 3.63) is 30.2 Å². The second-order valence-corrected chi connectivity index (χ2v) is 5.43. The molecule has 1 saturated heterocycles. The third-order valence-corrected chi connectivity index (χ3v) is 3.61. The lowest BCUT2D eigenvalue weighted by molar-refractivity contribution is 0.0342. The Morgan fingerprint density at radius 3 is 3.05 bits per heavy atom. The van der Waals surface area contributed by atoms with Crippen LogP contribution in [0.4, 0.5) is 0 Å². The zero-order chi connectivity index (χ0) is 15.4. The number of aromatic nitrogens is 2. The first-order chi connectivity index (χ1) is 10.7. The molecule has 0 bridgehead atoms. The predicted octanol–water partition coefficient (Wildman–Crippen LogP) is 1.12. The minimum atomic E-state index is -0.185. The molecule has 2 N–H and O–H groups in total. The molecule has 0 radical (unpaired) electrons. The zero-order valence-electron chi connectivity index (χ0n) is 12.5. The van der Waals surface area contributed by atoms with Crippen molar-refractivity contribution in [2.75, 3.05) is 32.8 Å². The maximum absolute atomic E-state index is 12.2. The van der Waals surface area contributed by atoms with Crippen LogP contribution in [-0.2, 0) is 4.74 Å². The molecule has 118 valence electrons. The van der Waals surface area contributed by atoms with Crippen LogP contribution in [0.5, 0.6) is 0 Å². The third kappa shape index (κ3) is 3.55. The van der Waals surface area contributed by atoms with Crippen molar-refractivity contribution in [1.82, 2.24) is 20.4 Å². The second-order valence-electron chi connectivity index (χ2n) is 5.43. The Morgan fingerprint density at radius 1 is 1.50 bits per heavy atom. The van der Waals surface area contributed by atoms with Crippen LogP contribution in [-0.4, -0.2) is 59.9 Å². The number of furan rings is 1. The van der Waals surface area contributed by atoms with Gasteiger partial charge in [-0.25, -0.2) is 0 Å². The average molecular weight is 304 g/mol. The molecule has 2 aromatic rings. The van der Waals surface area contributed by atoms with Gasteiger partial charge >= 0.3 is 0 Å². The topological polar surface area (TPSA) is 83.4 Å². The smallest absolute Gasteiger partial charge is 0.272 e. The second kappa shape index (κ2) is 6.76. The summed E-state index contributed by atoms with van der Waals surface area (Å²) in [6.45, 7) is 6.13. The molecule has 1 fully saturated rings. The summed E-state index contributed by atoms with van der Waals surface area (Å²) in [7, 11) is 0. The summed E-state index contributed by atoms with van der Waals surface area (Å²) in [5, 5.41) is 9.82. The van der Waals surface area contributed by atoms with Gasteiger partial charge in [-0.05, 0) is 19.1 Å². The first-order valence-electron chi connectivity index (χ1n) is 7.42. The number of amides is 1. The molecule has 0 aliphatic carbocycles. The van der Waals surface area contributed by atoms with Crippen LogP contribution in [0, 0.1) is 0 Å². The monoisotopic (exact) mass is 304 g/mol. The highest BCUT2D eigenvalue weighted by molar-refractivity contribution is 5.93. The molecule has 0 spiro atoms. The molecule has 0 unspecified atom stereocenters. The molecular weight excluding hydrogens is 284 g/mol. The van der Waals surface area contributed by atoms with Gasteiger partial charge in [0.2, 0.25) is 0 Å². The molecule has 2 aromatic heterocycles. The van der Waals surface area contributed by atoms with Crippen LogP contribution < -0.4 is 5.32 Å². The first-order valence-corrected chi connectivity index (χ1v) is 7.42. The van der Waals surface area contributed by atoms with Gasteiger partial charge in [-0.2, -0.15) is 5.10 Å². The van der Waals surface area contributed by atoms with Crippen LogP contribution in [0.25, 0.3) is 11.5 Å². The van der Waals surface area contributed by atoms with E-state index < -0.39 is 0 Å². The Hall–Kier alpha value is -2.12. The van der Waals surface area contributed by atoms with Crippen LogP contribution in [0.3, 0.4) is 0 Å². The summed E-state index contributed by atoms with van der Waals surface area (Å²) in [6.07, 6.45) is 1.58. The molecule has 3 heterocycles. The summed E-state index contributed by atoms with van der Waals surface area (Å²) in [5.41, 5.74) is 1.05. The molecule has 7 heteroatoms. The first kappa shape index (κ1) is 14.8. The molecule has 3 rings (SSSR count). The Labute approximate surface area is 128 Å². The predicted molar refractivity (Wildman–Crippen MR) is 80.5 cm³/mol. The maximum Gasteiger partial charge on any atom is 0.272 e. The zero-order valence-corrected chi connectivity index (χ0v) is 12.5. The van der Waals surface area contributed by atoms with Gasteiger partial charge < -0.3 is 14.5 Å². The van der Waals surface area contributed by atoms with E-state index in [1.165, 1.54) is 0 Å². The molecule has 1 aliphatic rings. The number of aromatic amines is 1. The number of carbonyl (C=O) groups is 1. The fourth-order valence-electron chi connectivity index (χ4n) is 2.51. The molecule has 22 heavy (non-hydrogen) atoms. The maximum atomic E-state index is 12.2. The van der Waals surface area contributed by atoms with Gasteiger partial charge in [0, 0.05) is 31.7 Å². The van der Waals surface area contributed by atoms with E-state index in [9.17, 15) is 4.79 Å². The number of nitrogens with zero attached hydrogens (tertiary/aromatic N) is 2. The van der Waals surface area contributed by atoms with E-state index in [1.807, 2.05) is 13.0 Å². The molecule has 1 amide bonds. The van der Waals surface area contributed by atoms with E-state index in [4.69, 9.17) is 9.15 Å². The average Bonchev–Trinajstić information content (AvgIpc) is 3.19. The number of ether oxygens (including phenoxy) is 1. The molecular formula is C15H20N4O3. The van der Waals surface area contributed by atoms with E-state index in [2.05, 4.69) is 20.4 Å². The molecule has 1 atom stereocenters. The van der Waals surface area contributed by atoms with E-state index in [1.54, 1.807) is 18.4 Å². The van der Waals surface area contributed by atoms with Crippen LogP contribution >= 0.6 is 0 Å². The number of carbonyl (C=O) groups excluding carboxylic acids is 1. The quantitative estimate of drug-likeness (QED) is 0.865. The van der Waals surface area contributed by atoms with Gasteiger partial charge in [0.1, 0.15) is 5.69 Å². The van der Waals surface area contributed by atoms with Gasteiger partial charge in [-0.1, -0.05) is 0 Å². The molecule has 0 aromatic carbocycles. The van der Waals surface area contributed by atoms with Crippen LogP contribution in [0.15, 0.2) is 28.9 Å². The van der Waals surface area contributed by atoms with E-state index >= 15 is 0 Å². The van der Waals surface area contributed by atoms with Gasteiger partial charge in [0.25, 0.3) is 5.91 Å². The van der Waals surface area contributed by atoms with Gasteiger partial charge in [0.05, 0.1) is 19.5 Å². The number of hydrogen-bond donors (Lipinski definition) is 2. The standard InChI is InChI=1S/C15H20N4O3/c1-11(10-19-4-7-21-8-5-19)16-15(20)13-9-12(17-18-13)14-3-2-6-22-14/h2-3,6,9,11H,4-5,7-8,10H2,1H3,(H,16,20)(H,17,18)/t11-/m1/s1. The van der Waals surface area contributed by atoms with Crippen molar-refractivity contribution >= 4 is 5.91 Å². The van der Waals surface area contributed by atoms with Crippen molar-refractivity contribution in [3.8, 4) is 11.5 Å². The number of hydrogen-bond acceptors (Lipinski definition) is 5. The van der Waals surface area contributed by atoms with Crippen molar-refractivity contribution < 1.29 is 13.9 Å². The van der Waals surface area contributed by atoms with Crippen molar-refractivity contribution in [2.24, 2.45) is 0 Å². The highest BCUT2D eigenvalue weighted by Gasteiger charge is 2.18. The number of morpholine rings is 1. The summed E-state index contributed by atoms with van der Waals surface area (Å²) in [5.74, 6) is 0.475. The summed E-state index contributed by atoms with van der Waals surface area (Å²) >= 11 is 0. The number of H-pyrrole nitrogens is 1. The van der Waals surface area contributed by atoms with Crippen molar-refractivity contribution in [2.45, 2.75) is 13.0 Å². The number of rotatable bonds is 5. The minimum absolute atomic E-state index is 0.0503.